The molecule has 0 saturated carbocycles. The number of sulfonamides is 1. The Bertz CT molecular complexity index is 369. The van der Waals surface area contributed by atoms with Crippen molar-refractivity contribution in [3.63, 3.8) is 0 Å². The van der Waals surface area contributed by atoms with Gasteiger partial charge in [-0.2, -0.15) is 5.10 Å². The summed E-state index contributed by atoms with van der Waals surface area (Å²) in [6, 6.07) is 1.64. The highest BCUT2D eigenvalue weighted by Gasteiger charge is 2.07. The molecule has 13 heavy (non-hydrogen) atoms. The van der Waals surface area contributed by atoms with Gasteiger partial charge in [-0.25, -0.2) is 8.42 Å². The predicted molar refractivity (Wildman–Crippen MR) is 51.0 cm³/mol. The van der Waals surface area contributed by atoms with Crippen LogP contribution in [0, 0.1) is 0 Å². The summed E-state index contributed by atoms with van der Waals surface area (Å²) in [7, 11) is -3.19. The van der Waals surface area contributed by atoms with Gasteiger partial charge in [-0.3, -0.25) is 9.40 Å². The fourth-order valence-electron chi connectivity index (χ4n) is 0.824. The highest BCUT2D eigenvalue weighted by Crippen LogP contribution is 2.04. The lowest BCUT2D eigenvalue weighted by Crippen LogP contribution is -2.15. The van der Waals surface area contributed by atoms with Crippen molar-refractivity contribution in [3.05, 3.63) is 12.3 Å². The van der Waals surface area contributed by atoms with Crippen LogP contribution >= 0.6 is 0 Å². The molecule has 0 bridgehead atoms. The highest BCUT2D eigenvalue weighted by atomic mass is 32.2. The Morgan fingerprint density at radius 3 is 2.69 bits per heavy atom. The van der Waals surface area contributed by atoms with E-state index in [2.05, 4.69) is 9.82 Å². The Labute approximate surface area is 77.8 Å². The van der Waals surface area contributed by atoms with Gasteiger partial charge in [-0.05, 0) is 13.8 Å². The summed E-state index contributed by atoms with van der Waals surface area (Å²) < 4.78 is 26.2. The van der Waals surface area contributed by atoms with Gasteiger partial charge in [0.1, 0.15) is 0 Å². The Kier molecular flexibility index (Phi) is 2.92. The van der Waals surface area contributed by atoms with Crippen molar-refractivity contribution in [2.45, 2.75) is 20.4 Å². The van der Waals surface area contributed by atoms with E-state index in [0.29, 0.717) is 5.82 Å². The second-order valence-corrected chi connectivity index (χ2v) is 4.57. The molecule has 0 aliphatic heterocycles. The molecule has 0 aliphatic rings. The number of anilines is 1. The van der Waals surface area contributed by atoms with Gasteiger partial charge in [0.05, 0.1) is 5.75 Å². The molecule has 1 heterocycles. The molecular formula is C7H13N3O2S. The maximum absolute atomic E-state index is 11.1. The van der Waals surface area contributed by atoms with E-state index < -0.39 is 10.0 Å². The van der Waals surface area contributed by atoms with Crippen molar-refractivity contribution < 1.29 is 8.42 Å². The summed E-state index contributed by atoms with van der Waals surface area (Å²) in [5, 5.41) is 3.99. The van der Waals surface area contributed by atoms with Gasteiger partial charge in [0.25, 0.3) is 0 Å². The van der Waals surface area contributed by atoms with Crippen LogP contribution in [0.4, 0.5) is 5.82 Å². The third-order valence-electron chi connectivity index (χ3n) is 1.60. The number of aromatic nitrogens is 2. The maximum atomic E-state index is 11.1. The van der Waals surface area contributed by atoms with E-state index in [1.165, 1.54) is 0 Å². The lowest BCUT2D eigenvalue weighted by Gasteiger charge is -2.00. The number of hydrogen-bond acceptors (Lipinski definition) is 3. The van der Waals surface area contributed by atoms with Crippen LogP contribution in [0.25, 0.3) is 0 Å². The first-order chi connectivity index (χ1) is 6.07. The van der Waals surface area contributed by atoms with E-state index in [0.717, 1.165) is 6.54 Å². The molecule has 0 atom stereocenters. The van der Waals surface area contributed by atoms with E-state index >= 15 is 0 Å². The molecule has 0 aromatic carbocycles. The fourth-order valence-corrected chi connectivity index (χ4v) is 1.40. The number of rotatable bonds is 4. The third-order valence-corrected chi connectivity index (χ3v) is 2.88. The van der Waals surface area contributed by atoms with Gasteiger partial charge >= 0.3 is 0 Å². The average Bonchev–Trinajstić information content (AvgIpc) is 2.52. The van der Waals surface area contributed by atoms with Crippen molar-refractivity contribution in [1.82, 2.24) is 9.78 Å². The van der Waals surface area contributed by atoms with E-state index in [1.54, 1.807) is 23.9 Å². The Balaban J connectivity index is 2.75. The summed E-state index contributed by atoms with van der Waals surface area (Å²) in [6.45, 7) is 4.25. The largest absolute Gasteiger partial charge is 0.271 e. The lowest BCUT2D eigenvalue weighted by atomic mass is 10.7. The van der Waals surface area contributed by atoms with Crippen LogP contribution < -0.4 is 4.72 Å². The molecule has 1 aromatic heterocycles. The van der Waals surface area contributed by atoms with Crippen LogP contribution in [-0.4, -0.2) is 24.0 Å². The van der Waals surface area contributed by atoms with Crippen LogP contribution in [0.5, 0.6) is 0 Å². The summed E-state index contributed by atoms with van der Waals surface area (Å²) in [4.78, 5) is 0. The second-order valence-electron chi connectivity index (χ2n) is 2.56. The van der Waals surface area contributed by atoms with Gasteiger partial charge in [-0.15, -0.1) is 0 Å². The first-order valence-electron chi connectivity index (χ1n) is 4.11. The Morgan fingerprint density at radius 2 is 2.23 bits per heavy atom. The molecule has 0 spiro atoms. The van der Waals surface area contributed by atoms with Gasteiger partial charge < -0.3 is 0 Å². The molecule has 0 unspecified atom stereocenters. The van der Waals surface area contributed by atoms with E-state index in [-0.39, 0.29) is 5.75 Å². The summed E-state index contributed by atoms with van der Waals surface area (Å²) in [6.07, 6.45) is 1.73. The minimum Gasteiger partial charge on any atom is -0.271 e. The number of aryl methyl sites for hydroxylation is 1. The van der Waals surface area contributed by atoms with Gasteiger partial charge in [0.15, 0.2) is 5.82 Å². The third kappa shape index (κ3) is 2.73. The zero-order chi connectivity index (χ0) is 9.90. The molecule has 6 heteroatoms. The average molecular weight is 203 g/mol. The van der Waals surface area contributed by atoms with Gasteiger partial charge in [0, 0.05) is 18.8 Å². The molecule has 0 aliphatic carbocycles. The molecule has 74 valence electrons. The topological polar surface area (TPSA) is 64.0 Å². The highest BCUT2D eigenvalue weighted by molar-refractivity contribution is 7.92. The molecular weight excluding hydrogens is 190 g/mol. The van der Waals surface area contributed by atoms with Crippen molar-refractivity contribution in [1.29, 1.82) is 0 Å². The van der Waals surface area contributed by atoms with Crippen LogP contribution in [-0.2, 0) is 16.6 Å². The molecule has 1 aromatic rings. The fraction of sp³-hybridized carbons (Fsp3) is 0.571. The minimum absolute atomic E-state index is 0.0615. The van der Waals surface area contributed by atoms with E-state index in [1.807, 2.05) is 6.92 Å². The van der Waals surface area contributed by atoms with Crippen molar-refractivity contribution in [2.24, 2.45) is 0 Å². The first kappa shape index (κ1) is 10.0. The molecule has 0 saturated heterocycles. The molecule has 0 amide bonds. The van der Waals surface area contributed by atoms with Gasteiger partial charge in [-0.1, -0.05) is 0 Å². The zero-order valence-corrected chi connectivity index (χ0v) is 8.50. The standard InChI is InChI=1S/C7H13N3O2S/c1-3-10-6-5-7(8-10)9-13(11,12)4-2/h5-6H,3-4H2,1-2H3,(H,8,9). The summed E-state index contributed by atoms with van der Waals surface area (Å²) >= 11 is 0. The lowest BCUT2D eigenvalue weighted by molar-refractivity contribution is 0.601. The van der Waals surface area contributed by atoms with Crippen LogP contribution in [0.1, 0.15) is 13.8 Å². The SMILES string of the molecule is CCn1ccc(NS(=O)(=O)CC)n1. The monoisotopic (exact) mass is 203 g/mol. The van der Waals surface area contributed by atoms with Crippen molar-refractivity contribution >= 4 is 15.8 Å². The normalized spacial score (nSPS) is 11.5. The minimum atomic E-state index is -3.19. The molecule has 5 nitrogen and oxygen atoms in total. The van der Waals surface area contributed by atoms with Crippen LogP contribution in [0.15, 0.2) is 12.3 Å². The van der Waals surface area contributed by atoms with Crippen molar-refractivity contribution in [2.75, 3.05) is 10.5 Å². The molecule has 0 radical (unpaired) electrons. The smallest absolute Gasteiger partial charge is 0.233 e. The van der Waals surface area contributed by atoms with E-state index in [4.69, 9.17) is 0 Å². The maximum Gasteiger partial charge on any atom is 0.233 e. The molecule has 0 fully saturated rings. The van der Waals surface area contributed by atoms with E-state index in [9.17, 15) is 8.42 Å². The zero-order valence-electron chi connectivity index (χ0n) is 7.69. The van der Waals surface area contributed by atoms with Crippen molar-refractivity contribution in [3.8, 4) is 0 Å². The van der Waals surface area contributed by atoms with Gasteiger partial charge in [0.2, 0.25) is 10.0 Å². The Morgan fingerprint density at radius 1 is 1.54 bits per heavy atom. The predicted octanol–water partition coefficient (Wildman–Crippen LogP) is 0.665. The quantitative estimate of drug-likeness (QED) is 0.782. The summed E-state index contributed by atoms with van der Waals surface area (Å²) in [5.41, 5.74) is 0. The summed E-state index contributed by atoms with van der Waals surface area (Å²) in [5.74, 6) is 0.440. The van der Waals surface area contributed by atoms with Crippen LogP contribution in [0.2, 0.25) is 0 Å². The molecule has 1 N–H and O–H groups in total. The number of hydrogen-bond donors (Lipinski definition) is 1. The second kappa shape index (κ2) is 3.78. The van der Waals surface area contributed by atoms with Crippen LogP contribution in [0.3, 0.4) is 0 Å². The number of nitrogens with zero attached hydrogens (tertiary/aromatic N) is 2. The first-order valence-corrected chi connectivity index (χ1v) is 5.76. The molecule has 1 rings (SSSR count). The number of nitrogens with one attached hydrogen (secondary N) is 1. The Hall–Kier alpha value is -1.04.